The molecule has 0 radical (unpaired) electrons. The topological polar surface area (TPSA) is 88.4 Å². The standard InChI is InChI=1S/C20H21N5O3S/c26-20-6-3-9-23(20)11-17-12-25(22-21-17)18-13-24(14-18)29(27,28)19-8-7-15-4-1-2-5-16(15)10-19/h1-2,4-5,7-8,10,12,18H,3,6,9,11,13-14H2. The predicted molar refractivity (Wildman–Crippen MR) is 106 cm³/mol. The maximum Gasteiger partial charge on any atom is 0.243 e. The molecule has 0 aliphatic carbocycles. The van der Waals surface area contributed by atoms with E-state index in [4.69, 9.17) is 0 Å². The highest BCUT2D eigenvalue weighted by Gasteiger charge is 2.38. The highest BCUT2D eigenvalue weighted by molar-refractivity contribution is 7.89. The van der Waals surface area contributed by atoms with Crippen LogP contribution in [0.5, 0.6) is 0 Å². The number of benzene rings is 2. The molecule has 2 aromatic carbocycles. The van der Waals surface area contributed by atoms with E-state index >= 15 is 0 Å². The molecule has 0 N–H and O–H groups in total. The first-order valence-electron chi connectivity index (χ1n) is 9.68. The zero-order valence-corrected chi connectivity index (χ0v) is 16.6. The first-order valence-corrected chi connectivity index (χ1v) is 11.1. The molecular weight excluding hydrogens is 390 g/mol. The molecule has 2 fully saturated rings. The predicted octanol–water partition coefficient (Wildman–Crippen LogP) is 1.80. The summed E-state index contributed by atoms with van der Waals surface area (Å²) in [6, 6.07) is 12.9. The lowest BCUT2D eigenvalue weighted by atomic mass is 10.1. The third-order valence-corrected chi connectivity index (χ3v) is 7.47. The van der Waals surface area contributed by atoms with Gasteiger partial charge in [-0.2, -0.15) is 4.31 Å². The van der Waals surface area contributed by atoms with Crippen LogP contribution < -0.4 is 0 Å². The van der Waals surface area contributed by atoms with Gasteiger partial charge < -0.3 is 4.90 Å². The van der Waals surface area contributed by atoms with Crippen molar-refractivity contribution in [2.24, 2.45) is 0 Å². The van der Waals surface area contributed by atoms with E-state index in [-0.39, 0.29) is 11.9 Å². The Morgan fingerprint density at radius 3 is 2.62 bits per heavy atom. The first-order chi connectivity index (χ1) is 14.0. The Morgan fingerprint density at radius 1 is 1.07 bits per heavy atom. The summed E-state index contributed by atoms with van der Waals surface area (Å²) in [4.78, 5) is 13.8. The van der Waals surface area contributed by atoms with Gasteiger partial charge in [-0.1, -0.05) is 35.5 Å². The van der Waals surface area contributed by atoms with E-state index in [1.807, 2.05) is 36.5 Å². The van der Waals surface area contributed by atoms with Gasteiger partial charge >= 0.3 is 0 Å². The van der Waals surface area contributed by atoms with Crippen LogP contribution in [0, 0.1) is 0 Å². The van der Waals surface area contributed by atoms with Gasteiger partial charge in [0, 0.05) is 26.1 Å². The van der Waals surface area contributed by atoms with Crippen LogP contribution in [0.3, 0.4) is 0 Å². The van der Waals surface area contributed by atoms with E-state index in [1.54, 1.807) is 21.7 Å². The number of fused-ring (bicyclic) bond motifs is 1. The maximum atomic E-state index is 12.9. The van der Waals surface area contributed by atoms with Crippen LogP contribution >= 0.6 is 0 Å². The number of carbonyl (C=O) groups is 1. The van der Waals surface area contributed by atoms with Crippen molar-refractivity contribution in [3.05, 3.63) is 54.4 Å². The van der Waals surface area contributed by atoms with Crippen molar-refractivity contribution in [3.8, 4) is 0 Å². The van der Waals surface area contributed by atoms with Crippen LogP contribution in [-0.4, -0.2) is 58.2 Å². The van der Waals surface area contributed by atoms with Crippen molar-refractivity contribution in [3.63, 3.8) is 0 Å². The van der Waals surface area contributed by atoms with E-state index in [0.717, 1.165) is 29.4 Å². The number of aromatic nitrogens is 3. The Bertz CT molecular complexity index is 1180. The van der Waals surface area contributed by atoms with Gasteiger partial charge in [0.05, 0.1) is 23.7 Å². The fraction of sp³-hybridized carbons (Fsp3) is 0.350. The van der Waals surface area contributed by atoms with Crippen molar-refractivity contribution in [2.45, 2.75) is 30.3 Å². The van der Waals surface area contributed by atoms with Gasteiger partial charge in [-0.25, -0.2) is 13.1 Å². The van der Waals surface area contributed by atoms with Crippen LogP contribution in [0.2, 0.25) is 0 Å². The van der Waals surface area contributed by atoms with E-state index in [0.29, 0.717) is 31.0 Å². The van der Waals surface area contributed by atoms with Crippen molar-refractivity contribution >= 4 is 26.7 Å². The molecular formula is C20H21N5O3S. The van der Waals surface area contributed by atoms with Gasteiger partial charge in [0.1, 0.15) is 5.69 Å². The van der Waals surface area contributed by atoms with Crippen LogP contribution in [0.15, 0.2) is 53.6 Å². The lowest BCUT2D eigenvalue weighted by Gasteiger charge is -2.37. The number of rotatable bonds is 5. The van der Waals surface area contributed by atoms with Gasteiger partial charge in [-0.05, 0) is 29.3 Å². The highest BCUT2D eigenvalue weighted by Crippen LogP contribution is 2.29. The molecule has 0 saturated carbocycles. The summed E-state index contributed by atoms with van der Waals surface area (Å²) in [7, 11) is -3.53. The second kappa shape index (κ2) is 6.93. The zero-order valence-electron chi connectivity index (χ0n) is 15.8. The molecule has 29 heavy (non-hydrogen) atoms. The van der Waals surface area contributed by atoms with Gasteiger partial charge in [0.25, 0.3) is 0 Å². The van der Waals surface area contributed by atoms with Gasteiger partial charge in [-0.15, -0.1) is 5.10 Å². The minimum absolute atomic E-state index is 0.0410. The van der Waals surface area contributed by atoms with Gasteiger partial charge in [-0.3, -0.25) is 4.79 Å². The Hall–Kier alpha value is -2.78. The van der Waals surface area contributed by atoms with Crippen LogP contribution in [0.4, 0.5) is 0 Å². The smallest absolute Gasteiger partial charge is 0.243 e. The molecule has 150 valence electrons. The Balaban J connectivity index is 1.26. The Kier molecular flexibility index (Phi) is 4.36. The molecule has 5 rings (SSSR count). The zero-order chi connectivity index (χ0) is 20.0. The number of hydrogen-bond acceptors (Lipinski definition) is 5. The molecule has 2 saturated heterocycles. The minimum atomic E-state index is -3.53. The molecule has 0 bridgehead atoms. The molecule has 3 aromatic rings. The molecule has 0 atom stereocenters. The molecule has 2 aliphatic rings. The largest absolute Gasteiger partial charge is 0.337 e. The summed E-state index contributed by atoms with van der Waals surface area (Å²) in [5, 5.41) is 10.2. The second-order valence-corrected chi connectivity index (χ2v) is 9.53. The fourth-order valence-corrected chi connectivity index (χ4v) is 5.44. The highest BCUT2D eigenvalue weighted by atomic mass is 32.2. The summed E-state index contributed by atoms with van der Waals surface area (Å²) in [5.74, 6) is 0.149. The molecule has 9 heteroatoms. The molecule has 2 aliphatic heterocycles. The third-order valence-electron chi connectivity index (χ3n) is 5.64. The number of hydrogen-bond donors (Lipinski definition) is 0. The third kappa shape index (κ3) is 3.30. The lowest BCUT2D eigenvalue weighted by molar-refractivity contribution is -0.128. The molecule has 8 nitrogen and oxygen atoms in total. The minimum Gasteiger partial charge on any atom is -0.337 e. The maximum absolute atomic E-state index is 12.9. The molecule has 3 heterocycles. The first kappa shape index (κ1) is 18.3. The average Bonchev–Trinajstić information content (AvgIpc) is 3.30. The van der Waals surface area contributed by atoms with Crippen LogP contribution in [0.1, 0.15) is 24.6 Å². The summed E-state index contributed by atoms with van der Waals surface area (Å²) < 4.78 is 29.1. The Morgan fingerprint density at radius 2 is 1.86 bits per heavy atom. The van der Waals surface area contributed by atoms with Crippen molar-refractivity contribution < 1.29 is 13.2 Å². The fourth-order valence-electron chi connectivity index (χ4n) is 3.89. The molecule has 0 spiro atoms. The van der Waals surface area contributed by atoms with Crippen molar-refractivity contribution in [1.82, 2.24) is 24.2 Å². The number of likely N-dealkylation sites (tertiary alicyclic amines) is 1. The monoisotopic (exact) mass is 411 g/mol. The second-order valence-electron chi connectivity index (χ2n) is 7.59. The lowest BCUT2D eigenvalue weighted by Crippen LogP contribution is -2.50. The van der Waals surface area contributed by atoms with E-state index in [1.165, 1.54) is 4.31 Å². The average molecular weight is 411 g/mol. The molecule has 1 aromatic heterocycles. The summed E-state index contributed by atoms with van der Waals surface area (Å²) >= 11 is 0. The number of carbonyl (C=O) groups excluding carboxylic acids is 1. The van der Waals surface area contributed by atoms with Crippen LogP contribution in [0.25, 0.3) is 10.8 Å². The summed E-state index contributed by atoms with van der Waals surface area (Å²) in [6.07, 6.45) is 3.30. The van der Waals surface area contributed by atoms with Gasteiger partial charge in [0.15, 0.2) is 0 Å². The van der Waals surface area contributed by atoms with Crippen molar-refractivity contribution in [2.75, 3.05) is 19.6 Å². The quantitative estimate of drug-likeness (QED) is 0.639. The van der Waals surface area contributed by atoms with E-state index < -0.39 is 10.0 Å². The van der Waals surface area contributed by atoms with Gasteiger partial charge in [0.2, 0.25) is 15.9 Å². The number of sulfonamides is 1. The number of nitrogens with zero attached hydrogens (tertiary/aromatic N) is 5. The van der Waals surface area contributed by atoms with Crippen molar-refractivity contribution in [1.29, 1.82) is 0 Å². The summed E-state index contributed by atoms with van der Waals surface area (Å²) in [5.41, 5.74) is 0.732. The van der Waals surface area contributed by atoms with E-state index in [9.17, 15) is 13.2 Å². The summed E-state index contributed by atoms with van der Waals surface area (Å²) in [6.45, 7) is 1.94. The Labute approximate surface area is 168 Å². The van der Waals surface area contributed by atoms with Crippen LogP contribution in [-0.2, 0) is 21.4 Å². The van der Waals surface area contributed by atoms with E-state index in [2.05, 4.69) is 10.3 Å². The molecule has 1 amide bonds. The normalized spacial score (nSPS) is 18.5. The molecule has 0 unspecified atom stereocenters. The number of amides is 1. The SMILES string of the molecule is O=C1CCCN1Cc1cn(C2CN(S(=O)(=O)c3ccc4ccccc4c3)C2)nn1.